The average Bonchev–Trinajstić information content (AvgIpc) is 2.80. The van der Waals surface area contributed by atoms with Crippen LogP contribution < -0.4 is 5.73 Å². The van der Waals surface area contributed by atoms with Crippen LogP contribution in [0.3, 0.4) is 0 Å². The van der Waals surface area contributed by atoms with Crippen LogP contribution in [0.4, 0.5) is 13.2 Å². The Bertz CT molecular complexity index is 576. The molecule has 0 bridgehead atoms. The number of hydrogen-bond donors (Lipinski definition) is 1. The molecule has 0 saturated heterocycles. The first kappa shape index (κ1) is 12.2. The summed E-state index contributed by atoms with van der Waals surface area (Å²) in [6.07, 6.45) is -0.338. The van der Waals surface area contributed by atoms with Gasteiger partial charge in [0.1, 0.15) is 0 Å². The summed E-state index contributed by atoms with van der Waals surface area (Å²) in [5, 5.41) is 0. The highest BCUT2D eigenvalue weighted by Crippen LogP contribution is 2.33. The molecule has 0 unspecified atom stereocenters. The summed E-state index contributed by atoms with van der Waals surface area (Å²) in [6.45, 7) is 0. The Labute approximate surface area is 99.9 Å². The van der Waals surface area contributed by atoms with E-state index in [4.69, 9.17) is 5.73 Å². The Balaban J connectivity index is 2.60. The fraction of sp³-hybridized carbons (Fsp3) is 0.0909. The molecule has 1 heterocycles. The van der Waals surface area contributed by atoms with Crippen LogP contribution in [-0.4, -0.2) is 15.5 Å². The highest BCUT2D eigenvalue weighted by molar-refractivity contribution is 5.94. The van der Waals surface area contributed by atoms with Crippen LogP contribution in [0.1, 0.15) is 15.9 Å². The van der Waals surface area contributed by atoms with Gasteiger partial charge in [0.05, 0.1) is 17.5 Å². The molecule has 0 spiro atoms. The average molecular weight is 255 g/mol. The van der Waals surface area contributed by atoms with Gasteiger partial charge < -0.3 is 10.3 Å². The molecule has 0 aliphatic heterocycles. The number of rotatable bonds is 2. The number of carbonyl (C=O) groups is 1. The van der Waals surface area contributed by atoms with Gasteiger partial charge in [0.25, 0.3) is 0 Å². The lowest BCUT2D eigenvalue weighted by Gasteiger charge is -2.12. The van der Waals surface area contributed by atoms with E-state index in [-0.39, 0.29) is 5.69 Å². The molecule has 18 heavy (non-hydrogen) atoms. The van der Waals surface area contributed by atoms with E-state index >= 15 is 0 Å². The fourth-order valence-electron chi connectivity index (χ4n) is 1.55. The first-order chi connectivity index (χ1) is 8.39. The van der Waals surface area contributed by atoms with E-state index in [0.29, 0.717) is 0 Å². The predicted octanol–water partition coefficient (Wildman–Crippen LogP) is 1.99. The van der Waals surface area contributed by atoms with Crippen LogP contribution in [0, 0.1) is 0 Å². The fourth-order valence-corrected chi connectivity index (χ4v) is 1.55. The van der Waals surface area contributed by atoms with Crippen molar-refractivity contribution in [2.75, 3.05) is 0 Å². The van der Waals surface area contributed by atoms with Crippen molar-refractivity contribution in [1.29, 1.82) is 0 Å². The van der Waals surface area contributed by atoms with Crippen molar-refractivity contribution in [2.45, 2.75) is 6.18 Å². The number of imidazole rings is 1. The lowest BCUT2D eigenvalue weighted by Crippen LogP contribution is -2.19. The first-order valence-electron chi connectivity index (χ1n) is 4.89. The largest absolute Gasteiger partial charge is 0.417 e. The summed E-state index contributed by atoms with van der Waals surface area (Å²) < 4.78 is 39.8. The lowest BCUT2D eigenvalue weighted by molar-refractivity contribution is -0.137. The van der Waals surface area contributed by atoms with Crippen molar-refractivity contribution in [2.24, 2.45) is 5.73 Å². The van der Waals surface area contributed by atoms with E-state index in [9.17, 15) is 18.0 Å². The molecule has 0 radical (unpaired) electrons. The molecular weight excluding hydrogens is 247 g/mol. The van der Waals surface area contributed by atoms with Gasteiger partial charge in [0.15, 0.2) is 0 Å². The zero-order chi connectivity index (χ0) is 13.3. The van der Waals surface area contributed by atoms with Gasteiger partial charge in [-0.25, -0.2) is 4.98 Å². The number of primary amides is 1. The minimum atomic E-state index is -4.64. The predicted molar refractivity (Wildman–Crippen MR) is 57.1 cm³/mol. The van der Waals surface area contributed by atoms with E-state index in [1.807, 2.05) is 0 Å². The van der Waals surface area contributed by atoms with E-state index < -0.39 is 23.2 Å². The zero-order valence-corrected chi connectivity index (χ0v) is 8.98. The number of halogens is 3. The van der Waals surface area contributed by atoms with Gasteiger partial charge in [-0.2, -0.15) is 13.2 Å². The van der Waals surface area contributed by atoms with Gasteiger partial charge in [-0.3, -0.25) is 4.79 Å². The second-order valence-electron chi connectivity index (χ2n) is 3.56. The minimum absolute atomic E-state index is 0.254. The molecule has 0 fully saturated rings. The molecule has 4 nitrogen and oxygen atoms in total. The highest BCUT2D eigenvalue weighted by atomic mass is 19.4. The van der Waals surface area contributed by atoms with Gasteiger partial charge in [0, 0.05) is 18.1 Å². The molecule has 0 aliphatic rings. The third-order valence-electron chi connectivity index (χ3n) is 2.38. The van der Waals surface area contributed by atoms with Gasteiger partial charge in [-0.1, -0.05) is 0 Å². The van der Waals surface area contributed by atoms with Crippen molar-refractivity contribution >= 4 is 5.91 Å². The lowest BCUT2D eigenvalue weighted by atomic mass is 10.1. The molecule has 0 saturated carbocycles. The smallest absolute Gasteiger partial charge is 0.366 e. The standard InChI is InChI=1S/C11H8F3N3O/c12-11(13,14)9-5-7(17-4-3-16-6-17)1-2-8(9)10(15)18/h1-6H,(H2,15,18). The maximum atomic E-state index is 12.8. The van der Waals surface area contributed by atoms with Crippen LogP contribution in [0.25, 0.3) is 5.69 Å². The van der Waals surface area contributed by atoms with Crippen molar-refractivity contribution in [1.82, 2.24) is 9.55 Å². The van der Waals surface area contributed by atoms with Gasteiger partial charge >= 0.3 is 6.18 Å². The van der Waals surface area contributed by atoms with E-state index in [1.165, 1.54) is 29.4 Å². The third-order valence-corrected chi connectivity index (χ3v) is 2.38. The number of nitrogens with two attached hydrogens (primary N) is 1. The monoisotopic (exact) mass is 255 g/mol. The maximum Gasteiger partial charge on any atom is 0.417 e. The number of carbonyl (C=O) groups excluding carboxylic acids is 1. The van der Waals surface area contributed by atoms with Crippen molar-refractivity contribution in [3.8, 4) is 5.69 Å². The summed E-state index contributed by atoms with van der Waals surface area (Å²) in [4.78, 5) is 14.7. The molecule has 0 atom stereocenters. The van der Waals surface area contributed by atoms with E-state index in [2.05, 4.69) is 4.98 Å². The number of benzene rings is 1. The third kappa shape index (κ3) is 2.20. The maximum absolute atomic E-state index is 12.8. The highest BCUT2D eigenvalue weighted by Gasteiger charge is 2.35. The molecule has 94 valence electrons. The van der Waals surface area contributed by atoms with Crippen LogP contribution in [0.15, 0.2) is 36.9 Å². The van der Waals surface area contributed by atoms with Gasteiger partial charge in [0.2, 0.25) is 5.91 Å². The minimum Gasteiger partial charge on any atom is -0.366 e. The van der Waals surface area contributed by atoms with Crippen molar-refractivity contribution in [3.63, 3.8) is 0 Å². The Hall–Kier alpha value is -2.31. The second kappa shape index (κ2) is 4.17. The van der Waals surface area contributed by atoms with Crippen LogP contribution >= 0.6 is 0 Å². The molecule has 7 heteroatoms. The molecule has 1 amide bonds. The molecule has 2 rings (SSSR count). The second-order valence-corrected chi connectivity index (χ2v) is 3.56. The zero-order valence-electron chi connectivity index (χ0n) is 8.98. The molecule has 2 N–H and O–H groups in total. The van der Waals surface area contributed by atoms with E-state index in [1.54, 1.807) is 0 Å². The number of hydrogen-bond acceptors (Lipinski definition) is 2. The topological polar surface area (TPSA) is 60.9 Å². The molecule has 2 aromatic rings. The SMILES string of the molecule is NC(=O)c1ccc(-n2ccnc2)cc1C(F)(F)F. The van der Waals surface area contributed by atoms with Crippen LogP contribution in [0.2, 0.25) is 0 Å². The van der Waals surface area contributed by atoms with E-state index in [0.717, 1.165) is 12.1 Å². The van der Waals surface area contributed by atoms with Gasteiger partial charge in [-0.05, 0) is 18.2 Å². The molecule has 1 aromatic heterocycles. The van der Waals surface area contributed by atoms with Crippen molar-refractivity contribution < 1.29 is 18.0 Å². The summed E-state index contributed by atoms with van der Waals surface area (Å²) >= 11 is 0. The number of amides is 1. The first-order valence-corrected chi connectivity index (χ1v) is 4.89. The molecular formula is C11H8F3N3O. The summed E-state index contributed by atoms with van der Waals surface area (Å²) in [5.74, 6) is -1.11. The quantitative estimate of drug-likeness (QED) is 0.892. The summed E-state index contributed by atoms with van der Waals surface area (Å²) in [6, 6.07) is 3.29. The van der Waals surface area contributed by atoms with Crippen molar-refractivity contribution in [3.05, 3.63) is 48.0 Å². The number of nitrogens with zero attached hydrogens (tertiary/aromatic N) is 2. The molecule has 0 aliphatic carbocycles. The molecule has 1 aromatic carbocycles. The summed E-state index contributed by atoms with van der Waals surface area (Å²) in [7, 11) is 0. The number of aromatic nitrogens is 2. The van der Waals surface area contributed by atoms with Crippen LogP contribution in [-0.2, 0) is 6.18 Å². The number of alkyl halides is 3. The normalized spacial score (nSPS) is 11.5. The Morgan fingerprint density at radius 2 is 2.06 bits per heavy atom. The summed E-state index contributed by atoms with van der Waals surface area (Å²) in [5.41, 5.74) is 3.57. The van der Waals surface area contributed by atoms with Crippen LogP contribution in [0.5, 0.6) is 0 Å². The van der Waals surface area contributed by atoms with Gasteiger partial charge in [-0.15, -0.1) is 0 Å². The Kier molecular flexibility index (Phi) is 2.82. The Morgan fingerprint density at radius 3 is 2.56 bits per heavy atom. The Morgan fingerprint density at radius 1 is 1.33 bits per heavy atom.